The third-order valence-corrected chi connectivity index (χ3v) is 3.54. The van der Waals surface area contributed by atoms with E-state index in [0.717, 1.165) is 16.5 Å². The summed E-state index contributed by atoms with van der Waals surface area (Å²) >= 11 is 0. The Bertz CT molecular complexity index is 746. The smallest absolute Gasteiger partial charge is 0.323 e. The van der Waals surface area contributed by atoms with Gasteiger partial charge in [0.1, 0.15) is 23.9 Å². The Morgan fingerprint density at radius 2 is 2.04 bits per heavy atom. The van der Waals surface area contributed by atoms with Crippen LogP contribution in [0, 0.1) is 0 Å². The van der Waals surface area contributed by atoms with Crippen LogP contribution in [0.2, 0.25) is 0 Å². The van der Waals surface area contributed by atoms with Gasteiger partial charge in [-0.05, 0) is 19.9 Å². The van der Waals surface area contributed by atoms with E-state index in [2.05, 4.69) is 10.3 Å². The Morgan fingerprint density at radius 3 is 2.58 bits per heavy atom. The van der Waals surface area contributed by atoms with Gasteiger partial charge in [-0.1, -0.05) is 0 Å². The van der Waals surface area contributed by atoms with Crippen LogP contribution in [0.4, 0.5) is 11.5 Å². The minimum Gasteiger partial charge on any atom is -0.497 e. The van der Waals surface area contributed by atoms with Crippen LogP contribution in [0.1, 0.15) is 13.8 Å². The molecule has 1 aromatic carbocycles. The first kappa shape index (κ1) is 17.7. The van der Waals surface area contributed by atoms with Crippen LogP contribution in [-0.4, -0.2) is 49.9 Å². The molecule has 0 atom stereocenters. The van der Waals surface area contributed by atoms with Crippen molar-refractivity contribution in [1.82, 2.24) is 4.98 Å². The molecule has 0 bridgehead atoms. The molecule has 0 fully saturated rings. The fourth-order valence-corrected chi connectivity index (χ4v) is 2.59. The predicted molar refractivity (Wildman–Crippen MR) is 94.5 cm³/mol. The van der Waals surface area contributed by atoms with Crippen LogP contribution >= 0.6 is 0 Å². The van der Waals surface area contributed by atoms with Gasteiger partial charge in [0, 0.05) is 24.5 Å². The molecule has 0 spiro atoms. The number of aliphatic carboxylic acids is 1. The second kappa shape index (κ2) is 7.25. The van der Waals surface area contributed by atoms with Gasteiger partial charge in [-0.3, -0.25) is 4.79 Å². The largest absolute Gasteiger partial charge is 0.497 e. The number of nitrogens with zero attached hydrogens (tertiary/aromatic N) is 2. The van der Waals surface area contributed by atoms with Gasteiger partial charge in [0.2, 0.25) is 0 Å². The lowest BCUT2D eigenvalue weighted by Crippen LogP contribution is -2.26. The molecule has 24 heavy (non-hydrogen) atoms. The van der Waals surface area contributed by atoms with Gasteiger partial charge in [-0.2, -0.15) is 0 Å². The predicted octanol–water partition coefficient (Wildman–Crippen LogP) is 2.59. The van der Waals surface area contributed by atoms with Crippen LogP contribution in [-0.2, 0) is 4.79 Å². The fraction of sp³-hybridized carbons (Fsp3) is 0.412. The van der Waals surface area contributed by atoms with E-state index in [-0.39, 0.29) is 12.6 Å². The molecule has 1 aromatic heterocycles. The number of hydrogen-bond donors (Lipinski definition) is 2. The number of hydrogen-bond acceptors (Lipinski definition) is 6. The van der Waals surface area contributed by atoms with Crippen molar-refractivity contribution < 1.29 is 19.4 Å². The Labute approximate surface area is 141 Å². The lowest BCUT2D eigenvalue weighted by atomic mass is 10.1. The maximum atomic E-state index is 11.0. The fourth-order valence-electron chi connectivity index (χ4n) is 2.59. The molecule has 0 aliphatic rings. The van der Waals surface area contributed by atoms with E-state index >= 15 is 0 Å². The highest BCUT2D eigenvalue weighted by molar-refractivity contribution is 6.05. The average molecular weight is 333 g/mol. The SMILES string of the molecule is COc1cc(OC)c2c(NC(C)C)cnc(N(C)CC(=O)O)c2c1. The van der Waals surface area contributed by atoms with Gasteiger partial charge in [0.15, 0.2) is 0 Å². The topological polar surface area (TPSA) is 83.9 Å². The molecule has 1 heterocycles. The van der Waals surface area contributed by atoms with Crippen molar-refractivity contribution in [2.24, 2.45) is 0 Å². The summed E-state index contributed by atoms with van der Waals surface area (Å²) in [7, 11) is 4.86. The second-order valence-corrected chi connectivity index (χ2v) is 5.80. The van der Waals surface area contributed by atoms with Crippen LogP contribution in [0.3, 0.4) is 0 Å². The van der Waals surface area contributed by atoms with Crippen LogP contribution in [0.25, 0.3) is 10.8 Å². The maximum Gasteiger partial charge on any atom is 0.323 e. The number of aromatic nitrogens is 1. The molecular weight excluding hydrogens is 310 g/mol. The standard InChI is InChI=1S/C17H23N3O4/c1-10(2)19-13-8-18-17(20(3)9-15(21)22)12-6-11(23-4)7-14(24-5)16(12)13/h6-8,10,19H,9H2,1-5H3,(H,21,22). The van der Waals surface area contributed by atoms with Crippen LogP contribution in [0.5, 0.6) is 11.5 Å². The Balaban J connectivity index is 2.74. The van der Waals surface area contributed by atoms with E-state index in [9.17, 15) is 4.79 Å². The van der Waals surface area contributed by atoms with Gasteiger partial charge in [-0.15, -0.1) is 0 Å². The second-order valence-electron chi connectivity index (χ2n) is 5.80. The monoisotopic (exact) mass is 333 g/mol. The summed E-state index contributed by atoms with van der Waals surface area (Å²) < 4.78 is 10.9. The number of benzene rings is 1. The molecule has 2 aromatic rings. The molecule has 0 aliphatic carbocycles. The first-order chi connectivity index (χ1) is 11.4. The summed E-state index contributed by atoms with van der Waals surface area (Å²) in [6.45, 7) is 3.91. The molecule has 0 amide bonds. The molecule has 130 valence electrons. The summed E-state index contributed by atoms with van der Waals surface area (Å²) in [5.74, 6) is 0.887. The van der Waals surface area contributed by atoms with Gasteiger partial charge in [-0.25, -0.2) is 4.98 Å². The molecule has 7 nitrogen and oxygen atoms in total. The van der Waals surface area contributed by atoms with Gasteiger partial charge >= 0.3 is 5.97 Å². The number of nitrogens with one attached hydrogen (secondary N) is 1. The van der Waals surface area contributed by atoms with Crippen LogP contribution in [0.15, 0.2) is 18.3 Å². The van der Waals surface area contributed by atoms with Crippen molar-refractivity contribution in [2.45, 2.75) is 19.9 Å². The van der Waals surface area contributed by atoms with E-state index in [1.54, 1.807) is 38.4 Å². The summed E-state index contributed by atoms with van der Waals surface area (Å²) in [6.07, 6.45) is 1.70. The average Bonchev–Trinajstić information content (AvgIpc) is 2.52. The van der Waals surface area contributed by atoms with Gasteiger partial charge < -0.3 is 24.8 Å². The zero-order chi connectivity index (χ0) is 17.9. The molecule has 2 N–H and O–H groups in total. The third-order valence-electron chi connectivity index (χ3n) is 3.54. The zero-order valence-corrected chi connectivity index (χ0v) is 14.6. The van der Waals surface area contributed by atoms with E-state index in [1.807, 2.05) is 19.9 Å². The Morgan fingerprint density at radius 1 is 1.33 bits per heavy atom. The number of anilines is 2. The third kappa shape index (κ3) is 3.61. The van der Waals surface area contributed by atoms with Crippen molar-refractivity contribution in [3.05, 3.63) is 18.3 Å². The van der Waals surface area contributed by atoms with Crippen molar-refractivity contribution in [3.63, 3.8) is 0 Å². The molecule has 0 unspecified atom stereocenters. The number of carboxylic acids is 1. The summed E-state index contributed by atoms with van der Waals surface area (Å²) in [6, 6.07) is 3.85. The van der Waals surface area contributed by atoms with Gasteiger partial charge in [0.25, 0.3) is 0 Å². The number of methoxy groups -OCH3 is 2. The maximum absolute atomic E-state index is 11.0. The lowest BCUT2D eigenvalue weighted by molar-refractivity contribution is -0.135. The normalized spacial score (nSPS) is 10.8. The van der Waals surface area contributed by atoms with E-state index in [4.69, 9.17) is 14.6 Å². The number of carboxylic acid groups (broad SMARTS) is 1. The molecule has 0 aliphatic heterocycles. The number of likely N-dealkylation sites (N-methyl/N-ethyl adjacent to an activating group) is 1. The minimum absolute atomic E-state index is 0.154. The molecule has 0 radical (unpaired) electrons. The Kier molecular flexibility index (Phi) is 5.33. The molecule has 0 saturated carbocycles. The van der Waals surface area contributed by atoms with Crippen molar-refractivity contribution >= 4 is 28.2 Å². The van der Waals surface area contributed by atoms with E-state index in [0.29, 0.717) is 17.3 Å². The van der Waals surface area contributed by atoms with Gasteiger partial charge in [0.05, 0.1) is 31.5 Å². The van der Waals surface area contributed by atoms with Crippen molar-refractivity contribution in [1.29, 1.82) is 0 Å². The highest BCUT2D eigenvalue weighted by atomic mass is 16.5. The number of ether oxygens (including phenoxy) is 2. The molecule has 2 rings (SSSR count). The zero-order valence-electron chi connectivity index (χ0n) is 14.6. The van der Waals surface area contributed by atoms with E-state index in [1.165, 1.54) is 0 Å². The quantitative estimate of drug-likeness (QED) is 0.805. The summed E-state index contributed by atoms with van der Waals surface area (Å²) in [4.78, 5) is 17.1. The van der Waals surface area contributed by atoms with Crippen molar-refractivity contribution in [3.8, 4) is 11.5 Å². The number of carbonyl (C=O) groups is 1. The number of fused-ring (bicyclic) bond motifs is 1. The minimum atomic E-state index is -0.924. The molecular formula is C17H23N3O4. The molecule has 0 saturated heterocycles. The summed E-state index contributed by atoms with van der Waals surface area (Å²) in [5.41, 5.74) is 0.826. The first-order valence-corrected chi connectivity index (χ1v) is 7.61. The highest BCUT2D eigenvalue weighted by Gasteiger charge is 2.18. The highest BCUT2D eigenvalue weighted by Crippen LogP contribution is 2.39. The lowest BCUT2D eigenvalue weighted by Gasteiger charge is -2.22. The van der Waals surface area contributed by atoms with Crippen molar-refractivity contribution in [2.75, 3.05) is 38.0 Å². The Hall–Kier alpha value is -2.70. The first-order valence-electron chi connectivity index (χ1n) is 7.61. The number of pyridine rings is 1. The molecule has 7 heteroatoms. The van der Waals surface area contributed by atoms with E-state index < -0.39 is 5.97 Å². The summed E-state index contributed by atoms with van der Waals surface area (Å²) in [5, 5.41) is 14.0. The number of rotatable bonds is 7. The van der Waals surface area contributed by atoms with Crippen LogP contribution < -0.4 is 19.7 Å².